The zero-order valence-electron chi connectivity index (χ0n) is 16.4. The van der Waals surface area contributed by atoms with E-state index < -0.39 is 17.8 Å². The van der Waals surface area contributed by atoms with Crippen molar-refractivity contribution >= 4 is 29.1 Å². The minimum atomic E-state index is -0.993. The standard InChI is InChI=1S/C22H32N2O3S/c23-20(25)15-19(22(26)27)18(14-17-10-5-2-6-11-17)21(28)24-13-7-12-16-8-3-1-4-9-16/h1,3-4,8-9,17-19H,2,5-7,10-15H2,(H2,23,25)(H,24,28)(H,26,27)/t18-,19?/m0/s1. The number of carbonyl (C=O) groups is 2. The summed E-state index contributed by atoms with van der Waals surface area (Å²) < 4.78 is 0. The van der Waals surface area contributed by atoms with Crippen LogP contribution in [0.1, 0.15) is 56.9 Å². The van der Waals surface area contributed by atoms with Crippen molar-refractivity contribution in [1.29, 1.82) is 0 Å². The van der Waals surface area contributed by atoms with E-state index in [-0.39, 0.29) is 12.3 Å². The Balaban J connectivity index is 1.95. The molecule has 0 bridgehead atoms. The van der Waals surface area contributed by atoms with Crippen LogP contribution in [-0.4, -0.2) is 28.5 Å². The van der Waals surface area contributed by atoms with Crippen LogP contribution in [0.4, 0.5) is 0 Å². The third-order valence-corrected chi connectivity index (χ3v) is 6.10. The van der Waals surface area contributed by atoms with Gasteiger partial charge >= 0.3 is 5.97 Å². The Morgan fingerprint density at radius 2 is 1.82 bits per heavy atom. The van der Waals surface area contributed by atoms with Crippen LogP contribution in [-0.2, 0) is 16.0 Å². The minimum absolute atomic E-state index is 0.168. The summed E-state index contributed by atoms with van der Waals surface area (Å²) >= 11 is 5.60. The van der Waals surface area contributed by atoms with Crippen molar-refractivity contribution in [2.75, 3.05) is 6.54 Å². The molecule has 1 unspecified atom stereocenters. The molecule has 4 N–H and O–H groups in total. The summed E-state index contributed by atoms with van der Waals surface area (Å²) in [4.78, 5) is 23.9. The molecule has 6 heteroatoms. The molecule has 1 aliphatic rings. The number of carboxylic acid groups (broad SMARTS) is 1. The van der Waals surface area contributed by atoms with Crippen molar-refractivity contribution < 1.29 is 14.7 Å². The molecule has 0 radical (unpaired) electrons. The van der Waals surface area contributed by atoms with Gasteiger partial charge in [-0.05, 0) is 30.7 Å². The zero-order chi connectivity index (χ0) is 20.4. The fourth-order valence-corrected chi connectivity index (χ4v) is 4.50. The maximum Gasteiger partial charge on any atom is 0.307 e. The van der Waals surface area contributed by atoms with E-state index in [2.05, 4.69) is 17.4 Å². The summed E-state index contributed by atoms with van der Waals surface area (Å²) in [6.07, 6.45) is 8.22. The number of thiocarbonyl (C=S) groups is 1. The average Bonchev–Trinajstić information content (AvgIpc) is 2.69. The predicted molar refractivity (Wildman–Crippen MR) is 115 cm³/mol. The predicted octanol–water partition coefficient (Wildman–Crippen LogP) is 3.70. The Labute approximate surface area is 173 Å². The van der Waals surface area contributed by atoms with Gasteiger partial charge in [-0.1, -0.05) is 74.7 Å². The number of primary amides is 1. The van der Waals surface area contributed by atoms with Gasteiger partial charge in [-0.25, -0.2) is 0 Å². The van der Waals surface area contributed by atoms with Gasteiger partial charge in [-0.3, -0.25) is 9.59 Å². The van der Waals surface area contributed by atoms with E-state index in [4.69, 9.17) is 18.0 Å². The van der Waals surface area contributed by atoms with Gasteiger partial charge in [0.05, 0.1) is 10.9 Å². The van der Waals surface area contributed by atoms with Crippen LogP contribution in [0.3, 0.4) is 0 Å². The van der Waals surface area contributed by atoms with Gasteiger partial charge in [0.25, 0.3) is 0 Å². The molecule has 1 amide bonds. The topological polar surface area (TPSA) is 92.4 Å². The Hall–Kier alpha value is -1.95. The summed E-state index contributed by atoms with van der Waals surface area (Å²) in [5.74, 6) is -2.31. The van der Waals surface area contributed by atoms with Crippen molar-refractivity contribution in [2.45, 2.75) is 57.8 Å². The highest BCUT2D eigenvalue weighted by molar-refractivity contribution is 7.80. The van der Waals surface area contributed by atoms with Crippen molar-refractivity contribution in [2.24, 2.45) is 23.5 Å². The number of carbonyl (C=O) groups excluding carboxylic acids is 1. The average molecular weight is 405 g/mol. The van der Waals surface area contributed by atoms with Crippen molar-refractivity contribution in [3.63, 3.8) is 0 Å². The number of nitrogens with two attached hydrogens (primary N) is 1. The minimum Gasteiger partial charge on any atom is -0.481 e. The Kier molecular flexibility index (Phi) is 9.41. The first-order chi connectivity index (χ1) is 13.5. The highest BCUT2D eigenvalue weighted by Gasteiger charge is 2.34. The molecule has 0 aliphatic heterocycles. The second-order valence-electron chi connectivity index (χ2n) is 7.84. The lowest BCUT2D eigenvalue weighted by Gasteiger charge is -2.30. The van der Waals surface area contributed by atoms with Crippen LogP contribution in [0.5, 0.6) is 0 Å². The first kappa shape index (κ1) is 22.3. The van der Waals surface area contributed by atoms with Crippen molar-refractivity contribution in [3.05, 3.63) is 35.9 Å². The molecule has 2 rings (SSSR count). The van der Waals surface area contributed by atoms with E-state index in [9.17, 15) is 14.7 Å². The number of rotatable bonds is 11. The SMILES string of the molecule is NC(=O)CC(C(=O)O)[C@H](CC1CCCCC1)C(=S)NCCCc1ccccc1. The largest absolute Gasteiger partial charge is 0.481 e. The molecule has 5 nitrogen and oxygen atoms in total. The zero-order valence-corrected chi connectivity index (χ0v) is 17.3. The third kappa shape index (κ3) is 7.58. The molecule has 154 valence electrons. The number of aliphatic carboxylic acids is 1. The number of hydrogen-bond acceptors (Lipinski definition) is 3. The summed E-state index contributed by atoms with van der Waals surface area (Å²) in [5.41, 5.74) is 6.59. The normalized spacial score (nSPS) is 16.9. The molecule has 0 saturated heterocycles. The van der Waals surface area contributed by atoms with Crippen LogP contribution in [0, 0.1) is 17.8 Å². The number of benzene rings is 1. The number of amides is 1. The van der Waals surface area contributed by atoms with Gasteiger partial charge in [-0.15, -0.1) is 0 Å². The molecule has 2 atom stereocenters. The van der Waals surface area contributed by atoms with Crippen LogP contribution in [0.15, 0.2) is 30.3 Å². The number of nitrogens with one attached hydrogen (secondary N) is 1. The molecule has 1 fully saturated rings. The lowest BCUT2D eigenvalue weighted by molar-refractivity contribution is -0.145. The molecule has 28 heavy (non-hydrogen) atoms. The van der Waals surface area contributed by atoms with Crippen molar-refractivity contribution in [3.8, 4) is 0 Å². The summed E-state index contributed by atoms with van der Waals surface area (Å²) in [7, 11) is 0. The number of aryl methyl sites for hydroxylation is 1. The maximum atomic E-state index is 11.8. The fourth-order valence-electron chi connectivity index (χ4n) is 4.13. The van der Waals surface area contributed by atoms with Crippen LogP contribution >= 0.6 is 12.2 Å². The monoisotopic (exact) mass is 404 g/mol. The van der Waals surface area contributed by atoms with Gasteiger partial charge in [0.2, 0.25) is 5.91 Å². The third-order valence-electron chi connectivity index (χ3n) is 5.66. The quantitative estimate of drug-likeness (QED) is 0.386. The molecule has 1 aromatic rings. The smallest absolute Gasteiger partial charge is 0.307 e. The van der Waals surface area contributed by atoms with Crippen molar-refractivity contribution in [1.82, 2.24) is 5.32 Å². The first-order valence-corrected chi connectivity index (χ1v) is 10.7. The summed E-state index contributed by atoms with van der Waals surface area (Å²) in [6, 6.07) is 10.2. The molecule has 1 aliphatic carbocycles. The van der Waals surface area contributed by atoms with Gasteiger partial charge in [0, 0.05) is 18.9 Å². The summed E-state index contributed by atoms with van der Waals surface area (Å²) in [5, 5.41) is 13.0. The lowest BCUT2D eigenvalue weighted by Crippen LogP contribution is -2.40. The highest BCUT2D eigenvalue weighted by Crippen LogP contribution is 2.33. The van der Waals surface area contributed by atoms with E-state index in [0.717, 1.165) is 32.1 Å². The second kappa shape index (κ2) is 11.8. The van der Waals surface area contributed by atoms with Crippen LogP contribution < -0.4 is 11.1 Å². The molecular formula is C22H32N2O3S. The molecule has 0 heterocycles. The van der Waals surface area contributed by atoms with Gasteiger partial charge in [-0.2, -0.15) is 0 Å². The van der Waals surface area contributed by atoms with Crippen LogP contribution in [0.2, 0.25) is 0 Å². The number of hydrogen-bond donors (Lipinski definition) is 3. The van der Waals surface area contributed by atoms with Crippen LogP contribution in [0.25, 0.3) is 0 Å². The van der Waals surface area contributed by atoms with E-state index in [0.29, 0.717) is 17.5 Å². The highest BCUT2D eigenvalue weighted by atomic mass is 32.1. The molecular weight excluding hydrogens is 372 g/mol. The Morgan fingerprint density at radius 3 is 2.43 bits per heavy atom. The van der Waals surface area contributed by atoms with Gasteiger partial charge in [0.1, 0.15) is 0 Å². The Bertz CT molecular complexity index is 644. The van der Waals surface area contributed by atoms with E-state index in [1.54, 1.807) is 0 Å². The number of carboxylic acids is 1. The summed E-state index contributed by atoms with van der Waals surface area (Å²) in [6.45, 7) is 0.692. The lowest BCUT2D eigenvalue weighted by atomic mass is 9.77. The van der Waals surface area contributed by atoms with Gasteiger partial charge < -0.3 is 16.2 Å². The molecule has 1 aromatic carbocycles. The van der Waals surface area contributed by atoms with E-state index in [1.165, 1.54) is 24.8 Å². The molecule has 0 aromatic heterocycles. The maximum absolute atomic E-state index is 11.8. The fraction of sp³-hybridized carbons (Fsp3) is 0.591. The van der Waals surface area contributed by atoms with Gasteiger partial charge in [0.15, 0.2) is 0 Å². The van der Waals surface area contributed by atoms with E-state index >= 15 is 0 Å². The molecule has 0 spiro atoms. The second-order valence-corrected chi connectivity index (χ2v) is 8.28. The molecule has 1 saturated carbocycles. The van der Waals surface area contributed by atoms with E-state index in [1.807, 2.05) is 18.2 Å². The Morgan fingerprint density at radius 1 is 1.14 bits per heavy atom. The first-order valence-electron chi connectivity index (χ1n) is 10.3.